The molecule has 0 fully saturated rings. The van der Waals surface area contributed by atoms with Gasteiger partial charge in [0.25, 0.3) is 7.37 Å². The van der Waals surface area contributed by atoms with Crippen LogP contribution in [0.1, 0.15) is 0 Å². The topological polar surface area (TPSA) is 63.3 Å². The van der Waals surface area contributed by atoms with Crippen molar-refractivity contribution in [3.05, 3.63) is 54.6 Å². The molecule has 0 aliphatic carbocycles. The lowest BCUT2D eigenvalue weighted by molar-refractivity contribution is 0.501. The molecule has 2 aromatic carbocycles. The summed E-state index contributed by atoms with van der Waals surface area (Å²) in [6.07, 6.45) is 0. The maximum atomic E-state index is 12.2. The molecular formula is C12H12NO2P. The van der Waals surface area contributed by atoms with Crippen molar-refractivity contribution in [1.29, 1.82) is 0 Å². The maximum absolute atomic E-state index is 12.2. The zero-order valence-electron chi connectivity index (χ0n) is 8.58. The van der Waals surface area contributed by atoms with Gasteiger partial charge in [-0.05, 0) is 36.4 Å². The van der Waals surface area contributed by atoms with E-state index in [0.717, 1.165) is 0 Å². The van der Waals surface area contributed by atoms with Crippen molar-refractivity contribution in [2.75, 3.05) is 5.73 Å². The first-order chi connectivity index (χ1) is 7.60. The van der Waals surface area contributed by atoms with Crippen LogP contribution in [0.2, 0.25) is 0 Å². The van der Waals surface area contributed by atoms with Crippen molar-refractivity contribution in [3.63, 3.8) is 0 Å². The van der Waals surface area contributed by atoms with E-state index < -0.39 is 7.37 Å². The molecule has 4 heteroatoms. The molecule has 0 aromatic heterocycles. The van der Waals surface area contributed by atoms with Crippen molar-refractivity contribution in [1.82, 2.24) is 0 Å². The molecule has 0 saturated carbocycles. The molecule has 0 saturated heterocycles. The van der Waals surface area contributed by atoms with Crippen molar-refractivity contribution in [3.8, 4) is 0 Å². The van der Waals surface area contributed by atoms with Gasteiger partial charge >= 0.3 is 0 Å². The van der Waals surface area contributed by atoms with Crippen LogP contribution in [0.5, 0.6) is 0 Å². The Morgan fingerprint density at radius 2 is 1.38 bits per heavy atom. The summed E-state index contributed by atoms with van der Waals surface area (Å²) < 4.78 is 12.2. The molecule has 0 aliphatic heterocycles. The molecule has 1 unspecified atom stereocenters. The minimum absolute atomic E-state index is 0.396. The minimum Gasteiger partial charge on any atom is -0.399 e. The molecule has 3 nitrogen and oxygen atoms in total. The van der Waals surface area contributed by atoms with Gasteiger partial charge in [0.05, 0.1) is 0 Å². The Morgan fingerprint density at radius 3 is 1.94 bits per heavy atom. The molecule has 1 atom stereocenters. The molecule has 2 rings (SSSR count). The van der Waals surface area contributed by atoms with E-state index in [2.05, 4.69) is 0 Å². The van der Waals surface area contributed by atoms with Crippen LogP contribution >= 0.6 is 7.37 Å². The summed E-state index contributed by atoms with van der Waals surface area (Å²) in [4.78, 5) is 10.1. The predicted octanol–water partition coefficient (Wildman–Crippen LogP) is 1.49. The Hall–Kier alpha value is -1.57. The highest BCUT2D eigenvalue weighted by atomic mass is 31.2. The lowest BCUT2D eigenvalue weighted by Gasteiger charge is -2.11. The van der Waals surface area contributed by atoms with Gasteiger partial charge in [-0.15, -0.1) is 0 Å². The summed E-state index contributed by atoms with van der Waals surface area (Å²) in [5.74, 6) is 0. The van der Waals surface area contributed by atoms with E-state index in [9.17, 15) is 9.46 Å². The van der Waals surface area contributed by atoms with E-state index in [4.69, 9.17) is 5.73 Å². The van der Waals surface area contributed by atoms with Crippen molar-refractivity contribution in [2.45, 2.75) is 0 Å². The van der Waals surface area contributed by atoms with Crippen LogP contribution in [0.3, 0.4) is 0 Å². The molecule has 16 heavy (non-hydrogen) atoms. The Balaban J connectivity index is 2.47. The average Bonchev–Trinajstić information content (AvgIpc) is 2.31. The number of hydrogen-bond donors (Lipinski definition) is 2. The number of hydrogen-bond acceptors (Lipinski definition) is 2. The van der Waals surface area contributed by atoms with E-state index in [-0.39, 0.29) is 0 Å². The number of anilines is 1. The molecule has 0 spiro atoms. The summed E-state index contributed by atoms with van der Waals surface area (Å²) >= 11 is 0. The van der Waals surface area contributed by atoms with Gasteiger partial charge in [-0.25, -0.2) is 0 Å². The summed E-state index contributed by atoms with van der Waals surface area (Å²) in [6, 6.07) is 15.0. The SMILES string of the molecule is Nc1ccc(P(=O)(O)c2ccccc2)cc1. The summed E-state index contributed by atoms with van der Waals surface area (Å²) in [7, 11) is -3.47. The average molecular weight is 233 g/mol. The third-order valence-corrected chi connectivity index (χ3v) is 4.35. The maximum Gasteiger partial charge on any atom is 0.258 e. The first-order valence-electron chi connectivity index (χ1n) is 4.85. The Kier molecular flexibility index (Phi) is 2.82. The molecule has 3 N–H and O–H groups in total. The van der Waals surface area contributed by atoms with Crippen LogP contribution in [0.4, 0.5) is 5.69 Å². The second-order valence-corrected chi connectivity index (χ2v) is 5.69. The lowest BCUT2D eigenvalue weighted by Crippen LogP contribution is -2.15. The lowest BCUT2D eigenvalue weighted by atomic mass is 10.3. The van der Waals surface area contributed by atoms with Crippen molar-refractivity contribution in [2.24, 2.45) is 0 Å². The zero-order chi connectivity index (χ0) is 11.6. The molecular weight excluding hydrogens is 221 g/mol. The second kappa shape index (κ2) is 4.12. The smallest absolute Gasteiger partial charge is 0.258 e. The second-order valence-electron chi connectivity index (χ2n) is 3.50. The third-order valence-electron chi connectivity index (χ3n) is 2.35. The highest BCUT2D eigenvalue weighted by molar-refractivity contribution is 7.73. The van der Waals surface area contributed by atoms with Crippen LogP contribution in [0, 0.1) is 0 Å². The number of nitrogens with two attached hydrogens (primary N) is 1. The Morgan fingerprint density at radius 1 is 0.875 bits per heavy atom. The van der Waals surface area contributed by atoms with Crippen LogP contribution in [0.15, 0.2) is 54.6 Å². The van der Waals surface area contributed by atoms with Gasteiger partial charge in [0.15, 0.2) is 0 Å². The fraction of sp³-hybridized carbons (Fsp3) is 0. The molecule has 0 heterocycles. The van der Waals surface area contributed by atoms with Crippen LogP contribution in [0.25, 0.3) is 0 Å². The standard InChI is InChI=1S/C12H12NO2P/c13-10-6-8-12(9-7-10)16(14,15)11-4-2-1-3-5-11/h1-9H,13H2,(H,14,15). The van der Waals surface area contributed by atoms with Gasteiger partial charge in [-0.1, -0.05) is 18.2 Å². The van der Waals surface area contributed by atoms with E-state index in [0.29, 0.717) is 16.3 Å². The van der Waals surface area contributed by atoms with Gasteiger partial charge in [0.1, 0.15) is 0 Å². The number of rotatable bonds is 2. The van der Waals surface area contributed by atoms with Crippen LogP contribution < -0.4 is 16.3 Å². The van der Waals surface area contributed by atoms with Gasteiger partial charge in [-0.2, -0.15) is 0 Å². The van der Waals surface area contributed by atoms with Gasteiger partial charge in [-0.3, -0.25) is 4.57 Å². The highest BCUT2D eigenvalue weighted by Gasteiger charge is 2.23. The summed E-state index contributed by atoms with van der Waals surface area (Å²) in [6.45, 7) is 0. The van der Waals surface area contributed by atoms with Crippen LogP contribution in [-0.4, -0.2) is 4.89 Å². The first kappa shape index (κ1) is 10.9. The molecule has 0 aliphatic rings. The van der Waals surface area contributed by atoms with E-state index in [1.165, 1.54) is 0 Å². The summed E-state index contributed by atoms with van der Waals surface area (Å²) in [5.41, 5.74) is 6.12. The van der Waals surface area contributed by atoms with Gasteiger partial charge in [0, 0.05) is 16.3 Å². The van der Waals surface area contributed by atoms with E-state index in [1.807, 2.05) is 6.07 Å². The fourth-order valence-electron chi connectivity index (χ4n) is 1.46. The number of nitrogen functional groups attached to an aromatic ring is 1. The predicted molar refractivity (Wildman–Crippen MR) is 66.4 cm³/mol. The summed E-state index contributed by atoms with van der Waals surface area (Å²) in [5, 5.41) is 0.827. The van der Waals surface area contributed by atoms with E-state index >= 15 is 0 Å². The fourth-order valence-corrected chi connectivity index (χ4v) is 2.88. The highest BCUT2D eigenvalue weighted by Crippen LogP contribution is 2.37. The van der Waals surface area contributed by atoms with Gasteiger partial charge in [0.2, 0.25) is 0 Å². The van der Waals surface area contributed by atoms with Crippen LogP contribution in [-0.2, 0) is 4.57 Å². The minimum atomic E-state index is -3.47. The van der Waals surface area contributed by atoms with Crippen molar-refractivity contribution < 1.29 is 9.46 Å². The molecule has 0 radical (unpaired) electrons. The molecule has 0 bridgehead atoms. The zero-order valence-corrected chi connectivity index (χ0v) is 9.47. The Bertz CT molecular complexity index is 522. The van der Waals surface area contributed by atoms with E-state index in [1.54, 1.807) is 48.5 Å². The van der Waals surface area contributed by atoms with Gasteiger partial charge < -0.3 is 10.6 Å². The van der Waals surface area contributed by atoms with Crippen molar-refractivity contribution >= 4 is 23.7 Å². The number of benzene rings is 2. The molecule has 0 amide bonds. The molecule has 82 valence electrons. The normalized spacial score (nSPS) is 14.3. The third kappa shape index (κ3) is 2.01. The quantitative estimate of drug-likeness (QED) is 0.610. The first-order valence-corrected chi connectivity index (χ1v) is 6.51. The Labute approximate surface area is 94.0 Å². The largest absolute Gasteiger partial charge is 0.399 e. The molecule has 2 aromatic rings. The monoisotopic (exact) mass is 233 g/mol.